The van der Waals surface area contributed by atoms with Gasteiger partial charge in [0.1, 0.15) is 5.54 Å². The van der Waals surface area contributed by atoms with E-state index in [2.05, 4.69) is 12.2 Å². The molecule has 1 aliphatic carbocycles. The number of hydrogen-bond donors (Lipinski definition) is 1. The number of esters is 1. The van der Waals surface area contributed by atoms with E-state index >= 15 is 0 Å². The van der Waals surface area contributed by atoms with Gasteiger partial charge in [0, 0.05) is 11.0 Å². The average Bonchev–Trinajstić information content (AvgIpc) is 2.36. The Morgan fingerprint density at radius 2 is 2.22 bits per heavy atom. The molecular formula is C14H27NO2S. The molecule has 0 amide bonds. The smallest absolute Gasteiger partial charge is 0.326 e. The fourth-order valence-electron chi connectivity index (χ4n) is 2.61. The van der Waals surface area contributed by atoms with Crippen molar-refractivity contribution in [3.05, 3.63) is 0 Å². The summed E-state index contributed by atoms with van der Waals surface area (Å²) >= 11 is 1.93. The molecule has 1 rings (SSSR count). The largest absolute Gasteiger partial charge is 0.468 e. The van der Waals surface area contributed by atoms with Gasteiger partial charge in [-0.25, -0.2) is 0 Å². The van der Waals surface area contributed by atoms with Crippen LogP contribution in [-0.2, 0) is 9.53 Å². The Labute approximate surface area is 115 Å². The summed E-state index contributed by atoms with van der Waals surface area (Å²) in [4.78, 5) is 11.9. The lowest BCUT2D eigenvalue weighted by Crippen LogP contribution is -2.52. The molecule has 1 saturated carbocycles. The first kappa shape index (κ1) is 15.8. The zero-order chi connectivity index (χ0) is 13.6. The average molecular weight is 273 g/mol. The minimum atomic E-state index is -0.547. The molecule has 1 N–H and O–H groups in total. The Hall–Kier alpha value is -0.220. The van der Waals surface area contributed by atoms with Crippen molar-refractivity contribution in [2.24, 2.45) is 5.92 Å². The maximum Gasteiger partial charge on any atom is 0.326 e. The summed E-state index contributed by atoms with van der Waals surface area (Å²) in [5.41, 5.74) is -0.547. The number of thioether (sulfide) groups is 1. The van der Waals surface area contributed by atoms with Crippen LogP contribution in [0.5, 0.6) is 0 Å². The maximum atomic E-state index is 11.9. The molecule has 0 heterocycles. The topological polar surface area (TPSA) is 38.3 Å². The lowest BCUT2D eigenvalue weighted by Gasteiger charge is -2.31. The van der Waals surface area contributed by atoms with E-state index in [1.54, 1.807) is 0 Å². The molecule has 0 saturated heterocycles. The second-order valence-corrected chi connectivity index (χ2v) is 6.85. The first-order valence-corrected chi connectivity index (χ1v) is 8.01. The number of carbonyl (C=O) groups is 1. The second kappa shape index (κ2) is 7.39. The summed E-state index contributed by atoms with van der Waals surface area (Å²) < 4.78 is 4.91. The Morgan fingerprint density at radius 1 is 1.50 bits per heavy atom. The van der Waals surface area contributed by atoms with Gasteiger partial charge < -0.3 is 10.1 Å². The predicted molar refractivity (Wildman–Crippen MR) is 78.0 cm³/mol. The first-order valence-electron chi connectivity index (χ1n) is 6.97. The van der Waals surface area contributed by atoms with E-state index in [-0.39, 0.29) is 5.97 Å². The van der Waals surface area contributed by atoms with Crippen LogP contribution >= 0.6 is 11.8 Å². The molecule has 4 heteroatoms. The fraction of sp³-hybridized carbons (Fsp3) is 0.929. The molecule has 18 heavy (non-hydrogen) atoms. The van der Waals surface area contributed by atoms with Gasteiger partial charge in [-0.2, -0.15) is 11.8 Å². The predicted octanol–water partition coefficient (Wildman–Crippen LogP) is 2.84. The van der Waals surface area contributed by atoms with Gasteiger partial charge in [-0.05, 0) is 32.2 Å². The van der Waals surface area contributed by atoms with Crippen molar-refractivity contribution in [2.75, 3.05) is 19.4 Å². The summed E-state index contributed by atoms with van der Waals surface area (Å²) in [5.74, 6) is 1.48. The highest BCUT2D eigenvalue weighted by Crippen LogP contribution is 2.33. The number of likely N-dealkylation sites (N-methyl/N-ethyl adjacent to an activating group) is 1. The van der Waals surface area contributed by atoms with Crippen LogP contribution in [0.1, 0.15) is 46.5 Å². The SMILES string of the molecule is CCNC(C)(CSC1CCCC(C)C1)C(=O)OC. The third kappa shape index (κ3) is 4.47. The zero-order valence-electron chi connectivity index (χ0n) is 12.1. The van der Waals surface area contributed by atoms with Crippen LogP contribution in [0.3, 0.4) is 0 Å². The van der Waals surface area contributed by atoms with Gasteiger partial charge in [0.15, 0.2) is 0 Å². The Kier molecular flexibility index (Phi) is 6.50. The van der Waals surface area contributed by atoms with Crippen LogP contribution in [0.25, 0.3) is 0 Å². The normalized spacial score (nSPS) is 27.6. The molecule has 106 valence electrons. The van der Waals surface area contributed by atoms with Gasteiger partial charge in [0.2, 0.25) is 0 Å². The van der Waals surface area contributed by atoms with E-state index in [0.717, 1.165) is 18.2 Å². The van der Waals surface area contributed by atoms with E-state index in [9.17, 15) is 4.79 Å². The van der Waals surface area contributed by atoms with Crippen LogP contribution in [0.15, 0.2) is 0 Å². The van der Waals surface area contributed by atoms with Crippen molar-refractivity contribution in [3.63, 3.8) is 0 Å². The van der Waals surface area contributed by atoms with E-state index < -0.39 is 5.54 Å². The molecule has 3 unspecified atom stereocenters. The van der Waals surface area contributed by atoms with Crippen LogP contribution in [0.2, 0.25) is 0 Å². The van der Waals surface area contributed by atoms with Gasteiger partial charge in [0.25, 0.3) is 0 Å². The van der Waals surface area contributed by atoms with Crippen molar-refractivity contribution in [2.45, 2.75) is 57.2 Å². The van der Waals surface area contributed by atoms with Crippen molar-refractivity contribution in [1.29, 1.82) is 0 Å². The van der Waals surface area contributed by atoms with Crippen LogP contribution in [0.4, 0.5) is 0 Å². The number of ether oxygens (including phenoxy) is 1. The summed E-state index contributed by atoms with van der Waals surface area (Å²) in [6, 6.07) is 0. The third-order valence-corrected chi connectivity index (χ3v) is 5.34. The molecule has 1 aliphatic rings. The lowest BCUT2D eigenvalue weighted by molar-refractivity contribution is -0.146. The highest BCUT2D eigenvalue weighted by atomic mass is 32.2. The minimum absolute atomic E-state index is 0.152. The fourth-order valence-corrected chi connectivity index (χ4v) is 4.20. The van der Waals surface area contributed by atoms with Crippen LogP contribution in [-0.4, -0.2) is 36.2 Å². The lowest BCUT2D eigenvalue weighted by atomic mass is 9.91. The maximum absolute atomic E-state index is 11.9. The summed E-state index contributed by atoms with van der Waals surface area (Å²) in [5, 5.41) is 3.97. The van der Waals surface area contributed by atoms with Crippen LogP contribution < -0.4 is 5.32 Å². The number of methoxy groups -OCH3 is 1. The van der Waals surface area contributed by atoms with E-state index in [1.165, 1.54) is 32.8 Å². The molecule has 3 atom stereocenters. The Morgan fingerprint density at radius 3 is 2.78 bits per heavy atom. The number of nitrogens with one attached hydrogen (secondary N) is 1. The summed E-state index contributed by atoms with van der Waals surface area (Å²) in [7, 11) is 1.46. The molecule has 0 aromatic heterocycles. The minimum Gasteiger partial charge on any atom is -0.468 e. The molecule has 0 spiro atoms. The molecule has 1 fully saturated rings. The van der Waals surface area contributed by atoms with Gasteiger partial charge in [0.05, 0.1) is 7.11 Å². The van der Waals surface area contributed by atoms with Gasteiger partial charge in [-0.1, -0.05) is 26.7 Å². The first-order chi connectivity index (χ1) is 8.51. The quantitative estimate of drug-likeness (QED) is 0.755. The van der Waals surface area contributed by atoms with Crippen molar-refractivity contribution in [3.8, 4) is 0 Å². The van der Waals surface area contributed by atoms with Crippen LogP contribution in [0, 0.1) is 5.92 Å². The van der Waals surface area contributed by atoms with Gasteiger partial charge in [-0.15, -0.1) is 0 Å². The summed E-state index contributed by atoms with van der Waals surface area (Å²) in [6.07, 6.45) is 5.26. The molecule has 0 aromatic rings. The van der Waals surface area contributed by atoms with E-state index in [1.807, 2.05) is 25.6 Å². The molecule has 3 nitrogen and oxygen atoms in total. The second-order valence-electron chi connectivity index (χ2n) is 5.56. The molecule has 0 aliphatic heterocycles. The van der Waals surface area contributed by atoms with Crippen molar-refractivity contribution < 1.29 is 9.53 Å². The van der Waals surface area contributed by atoms with Gasteiger partial charge in [-0.3, -0.25) is 4.79 Å². The number of hydrogen-bond acceptors (Lipinski definition) is 4. The Bertz CT molecular complexity index is 273. The Balaban J connectivity index is 2.48. The standard InChI is InChI=1S/C14H27NO2S/c1-5-15-14(3,13(16)17-4)10-18-12-8-6-7-11(2)9-12/h11-12,15H,5-10H2,1-4H3. The molecule has 0 bridgehead atoms. The molecular weight excluding hydrogens is 246 g/mol. The van der Waals surface area contributed by atoms with Crippen molar-refractivity contribution in [1.82, 2.24) is 5.32 Å². The number of rotatable bonds is 6. The van der Waals surface area contributed by atoms with E-state index in [4.69, 9.17) is 4.74 Å². The van der Waals surface area contributed by atoms with E-state index in [0.29, 0.717) is 5.25 Å². The summed E-state index contributed by atoms with van der Waals surface area (Å²) in [6.45, 7) is 7.08. The molecule has 0 radical (unpaired) electrons. The molecule has 0 aromatic carbocycles. The highest BCUT2D eigenvalue weighted by molar-refractivity contribution is 8.00. The number of carbonyl (C=O) groups excluding carboxylic acids is 1. The highest BCUT2D eigenvalue weighted by Gasteiger charge is 2.34. The monoisotopic (exact) mass is 273 g/mol. The van der Waals surface area contributed by atoms with Gasteiger partial charge >= 0.3 is 5.97 Å². The zero-order valence-corrected chi connectivity index (χ0v) is 12.9. The van der Waals surface area contributed by atoms with Crippen molar-refractivity contribution >= 4 is 17.7 Å². The third-order valence-electron chi connectivity index (χ3n) is 3.70.